The standard InChI is InChI=1S/C30H19N7O/c1-18-34-30-23-14-19(9-10-20(23)21-6-2-3-7-25(21)37(30)35-18)38-29-15-26-24(16-33-29)22-11-13-31-17-27(22)36(26)28-8-4-5-12-32-28/h2-17H,1H3. The lowest BCUT2D eigenvalue weighted by atomic mass is 10.1. The van der Waals surface area contributed by atoms with Crippen LogP contribution in [0.15, 0.2) is 97.6 Å². The van der Waals surface area contributed by atoms with Crippen molar-refractivity contribution in [2.75, 3.05) is 0 Å². The second kappa shape index (κ2) is 7.81. The number of rotatable bonds is 3. The van der Waals surface area contributed by atoms with Crippen molar-refractivity contribution in [3.8, 4) is 17.4 Å². The summed E-state index contributed by atoms with van der Waals surface area (Å²) in [6.45, 7) is 1.91. The van der Waals surface area contributed by atoms with E-state index in [1.165, 1.54) is 0 Å². The topological polar surface area (TPSA) is 83.0 Å². The second-order valence-corrected chi connectivity index (χ2v) is 9.18. The summed E-state index contributed by atoms with van der Waals surface area (Å²) in [5, 5.41) is 9.88. The van der Waals surface area contributed by atoms with Crippen LogP contribution in [-0.4, -0.2) is 34.1 Å². The predicted molar refractivity (Wildman–Crippen MR) is 147 cm³/mol. The monoisotopic (exact) mass is 493 g/mol. The third kappa shape index (κ3) is 3.00. The number of benzene rings is 2. The Morgan fingerprint density at radius 1 is 0.684 bits per heavy atom. The molecule has 180 valence electrons. The summed E-state index contributed by atoms with van der Waals surface area (Å²) >= 11 is 0. The molecular weight excluding hydrogens is 474 g/mol. The zero-order valence-corrected chi connectivity index (χ0v) is 20.3. The minimum atomic E-state index is 0.485. The highest BCUT2D eigenvalue weighted by atomic mass is 16.5. The van der Waals surface area contributed by atoms with E-state index in [1.807, 2.05) is 78.4 Å². The lowest BCUT2D eigenvalue weighted by molar-refractivity contribution is 0.464. The number of para-hydroxylation sites is 1. The Bertz CT molecular complexity index is 2180. The Morgan fingerprint density at radius 3 is 2.50 bits per heavy atom. The smallest absolute Gasteiger partial charge is 0.221 e. The Labute approximate surface area is 215 Å². The van der Waals surface area contributed by atoms with Crippen molar-refractivity contribution in [1.82, 2.24) is 34.1 Å². The molecular formula is C30H19N7O. The van der Waals surface area contributed by atoms with E-state index < -0.39 is 0 Å². The third-order valence-electron chi connectivity index (χ3n) is 6.90. The van der Waals surface area contributed by atoms with Gasteiger partial charge >= 0.3 is 0 Å². The number of hydrogen-bond donors (Lipinski definition) is 0. The molecule has 8 nitrogen and oxygen atoms in total. The largest absolute Gasteiger partial charge is 0.439 e. The molecule has 0 unspecified atom stereocenters. The Balaban J connectivity index is 1.31. The van der Waals surface area contributed by atoms with Gasteiger partial charge in [0.15, 0.2) is 5.65 Å². The van der Waals surface area contributed by atoms with Gasteiger partial charge in [0.2, 0.25) is 5.88 Å². The van der Waals surface area contributed by atoms with Gasteiger partial charge in [0, 0.05) is 46.2 Å². The molecule has 38 heavy (non-hydrogen) atoms. The zero-order chi connectivity index (χ0) is 25.2. The molecule has 6 heterocycles. The highest BCUT2D eigenvalue weighted by molar-refractivity contribution is 6.12. The normalized spacial score (nSPS) is 11.8. The van der Waals surface area contributed by atoms with Crippen molar-refractivity contribution in [1.29, 1.82) is 0 Å². The van der Waals surface area contributed by atoms with Gasteiger partial charge in [0.1, 0.15) is 17.4 Å². The molecule has 8 aromatic rings. The summed E-state index contributed by atoms with van der Waals surface area (Å²) in [7, 11) is 0. The van der Waals surface area contributed by atoms with E-state index in [0.717, 1.165) is 60.8 Å². The molecule has 0 aliphatic carbocycles. The molecule has 8 rings (SSSR count). The number of aromatic nitrogens is 7. The summed E-state index contributed by atoms with van der Waals surface area (Å²) in [5.41, 5.74) is 3.72. The lowest BCUT2D eigenvalue weighted by Gasteiger charge is -2.10. The van der Waals surface area contributed by atoms with Crippen LogP contribution < -0.4 is 4.74 Å². The maximum Gasteiger partial charge on any atom is 0.221 e. The van der Waals surface area contributed by atoms with Gasteiger partial charge in [-0.1, -0.05) is 24.3 Å². The van der Waals surface area contributed by atoms with Gasteiger partial charge in [-0.2, -0.15) is 5.10 Å². The first-order valence-electron chi connectivity index (χ1n) is 12.3. The predicted octanol–water partition coefficient (Wildman–Crippen LogP) is 6.42. The molecule has 6 aromatic heterocycles. The molecule has 2 aromatic carbocycles. The number of fused-ring (bicyclic) bond motifs is 9. The summed E-state index contributed by atoms with van der Waals surface area (Å²) < 4.78 is 10.3. The molecule has 0 aliphatic heterocycles. The quantitative estimate of drug-likeness (QED) is 0.264. The first-order chi connectivity index (χ1) is 18.7. The molecule has 8 heteroatoms. The average molecular weight is 494 g/mol. The van der Waals surface area contributed by atoms with Crippen molar-refractivity contribution in [3.63, 3.8) is 0 Å². The number of ether oxygens (including phenoxy) is 1. The first kappa shape index (κ1) is 20.8. The third-order valence-corrected chi connectivity index (χ3v) is 6.90. The van der Waals surface area contributed by atoms with E-state index >= 15 is 0 Å². The maximum absolute atomic E-state index is 6.33. The number of hydrogen-bond acceptors (Lipinski definition) is 6. The van der Waals surface area contributed by atoms with Gasteiger partial charge in [0.05, 0.1) is 22.7 Å². The number of pyridine rings is 4. The van der Waals surface area contributed by atoms with E-state index in [9.17, 15) is 0 Å². The Kier molecular flexibility index (Phi) is 4.27. The van der Waals surface area contributed by atoms with E-state index in [2.05, 4.69) is 42.8 Å². The minimum Gasteiger partial charge on any atom is -0.439 e. The van der Waals surface area contributed by atoms with Crippen LogP contribution >= 0.6 is 0 Å². The van der Waals surface area contributed by atoms with Crippen LogP contribution in [0.1, 0.15) is 5.82 Å². The van der Waals surface area contributed by atoms with Gasteiger partial charge in [-0.05, 0) is 54.8 Å². The molecule has 0 radical (unpaired) electrons. The van der Waals surface area contributed by atoms with Crippen LogP contribution in [0.3, 0.4) is 0 Å². The van der Waals surface area contributed by atoms with Crippen LogP contribution in [0, 0.1) is 6.92 Å². The molecule has 0 saturated carbocycles. The van der Waals surface area contributed by atoms with Gasteiger partial charge in [0.25, 0.3) is 0 Å². The number of aryl methyl sites for hydroxylation is 1. The van der Waals surface area contributed by atoms with Crippen molar-refractivity contribution >= 4 is 49.1 Å². The van der Waals surface area contributed by atoms with Crippen molar-refractivity contribution in [3.05, 3.63) is 103 Å². The average Bonchev–Trinajstić information content (AvgIpc) is 3.51. The SMILES string of the molecule is Cc1nc2c3cc(Oc4cc5c(cn4)c4ccncc4n5-c4ccccn4)ccc3c3ccccc3n2n1. The minimum absolute atomic E-state index is 0.485. The molecule has 0 saturated heterocycles. The maximum atomic E-state index is 6.33. The zero-order valence-electron chi connectivity index (χ0n) is 20.3. The van der Waals surface area contributed by atoms with Gasteiger partial charge in [-0.15, -0.1) is 0 Å². The molecule has 0 atom stereocenters. The fourth-order valence-electron chi connectivity index (χ4n) is 5.30. The Hall–Kier alpha value is -5.37. The van der Waals surface area contributed by atoms with Gasteiger partial charge < -0.3 is 4.74 Å². The van der Waals surface area contributed by atoms with E-state index in [0.29, 0.717) is 11.6 Å². The van der Waals surface area contributed by atoms with Crippen molar-refractivity contribution in [2.24, 2.45) is 0 Å². The summed E-state index contributed by atoms with van der Waals surface area (Å²) in [5.74, 6) is 2.68. The molecule has 0 bridgehead atoms. The van der Waals surface area contributed by atoms with E-state index in [-0.39, 0.29) is 0 Å². The lowest BCUT2D eigenvalue weighted by Crippen LogP contribution is -1.97. The van der Waals surface area contributed by atoms with Gasteiger partial charge in [-0.3, -0.25) is 9.55 Å². The molecule has 0 fully saturated rings. The van der Waals surface area contributed by atoms with Gasteiger partial charge in [-0.25, -0.2) is 19.5 Å². The van der Waals surface area contributed by atoms with Crippen LogP contribution in [-0.2, 0) is 0 Å². The molecule has 0 aliphatic rings. The summed E-state index contributed by atoms with van der Waals surface area (Å²) in [4.78, 5) is 18.3. The Morgan fingerprint density at radius 2 is 1.58 bits per heavy atom. The first-order valence-corrected chi connectivity index (χ1v) is 12.3. The fraction of sp³-hybridized carbons (Fsp3) is 0.0333. The van der Waals surface area contributed by atoms with Crippen LogP contribution in [0.4, 0.5) is 0 Å². The van der Waals surface area contributed by atoms with Crippen LogP contribution in [0.2, 0.25) is 0 Å². The molecule has 0 amide bonds. The summed E-state index contributed by atoms with van der Waals surface area (Å²) in [6, 6.07) is 24.1. The van der Waals surface area contributed by atoms with Crippen LogP contribution in [0.5, 0.6) is 11.6 Å². The second-order valence-electron chi connectivity index (χ2n) is 9.18. The van der Waals surface area contributed by atoms with Crippen LogP contribution in [0.25, 0.3) is 54.9 Å². The highest BCUT2D eigenvalue weighted by Crippen LogP contribution is 2.35. The fourth-order valence-corrected chi connectivity index (χ4v) is 5.30. The van der Waals surface area contributed by atoms with E-state index in [4.69, 9.17) is 9.72 Å². The van der Waals surface area contributed by atoms with Crippen molar-refractivity contribution in [2.45, 2.75) is 6.92 Å². The molecule has 0 N–H and O–H groups in total. The summed E-state index contributed by atoms with van der Waals surface area (Å²) in [6.07, 6.45) is 7.28. The number of nitrogens with zero attached hydrogens (tertiary/aromatic N) is 7. The van der Waals surface area contributed by atoms with E-state index in [1.54, 1.807) is 12.4 Å². The molecule has 0 spiro atoms. The highest BCUT2D eigenvalue weighted by Gasteiger charge is 2.16. The van der Waals surface area contributed by atoms with Crippen molar-refractivity contribution < 1.29 is 4.74 Å².